The molecular formula is C13H28N2. The first kappa shape index (κ1) is 13.0. The molecule has 90 valence electrons. The average Bonchev–Trinajstić information content (AvgIpc) is 2.22. The lowest BCUT2D eigenvalue weighted by Crippen LogP contribution is -2.40. The van der Waals surface area contributed by atoms with Crippen LogP contribution in [0.15, 0.2) is 0 Å². The fraction of sp³-hybridized carbons (Fsp3) is 1.00. The summed E-state index contributed by atoms with van der Waals surface area (Å²) in [6.45, 7) is 12.0. The molecule has 1 aliphatic rings. The van der Waals surface area contributed by atoms with Crippen molar-refractivity contribution < 1.29 is 0 Å². The zero-order chi connectivity index (χ0) is 11.1. The van der Waals surface area contributed by atoms with Crippen LogP contribution >= 0.6 is 0 Å². The molecule has 0 aliphatic carbocycles. The highest BCUT2D eigenvalue weighted by atomic mass is 15.1. The van der Waals surface area contributed by atoms with Gasteiger partial charge < -0.3 is 10.2 Å². The van der Waals surface area contributed by atoms with Crippen molar-refractivity contribution in [2.45, 2.75) is 52.5 Å². The molecule has 0 aromatic carbocycles. The van der Waals surface area contributed by atoms with Crippen molar-refractivity contribution in [3.63, 3.8) is 0 Å². The summed E-state index contributed by atoms with van der Waals surface area (Å²) >= 11 is 0. The smallest absolute Gasteiger partial charge is 0.00766 e. The second-order valence-corrected chi connectivity index (χ2v) is 5.02. The molecule has 0 bridgehead atoms. The Balaban J connectivity index is 2.31. The second-order valence-electron chi connectivity index (χ2n) is 5.02. The Kier molecular flexibility index (Phi) is 6.26. The molecule has 0 aromatic heterocycles. The molecule has 1 fully saturated rings. The minimum absolute atomic E-state index is 0.754. The zero-order valence-corrected chi connectivity index (χ0v) is 10.8. The van der Waals surface area contributed by atoms with Gasteiger partial charge in [-0.1, -0.05) is 27.2 Å². The lowest BCUT2D eigenvalue weighted by molar-refractivity contribution is 0.203. The fourth-order valence-electron chi connectivity index (χ4n) is 2.26. The highest BCUT2D eigenvalue weighted by Gasteiger charge is 2.14. The fourth-order valence-corrected chi connectivity index (χ4v) is 2.26. The van der Waals surface area contributed by atoms with Crippen LogP contribution in [-0.2, 0) is 0 Å². The average molecular weight is 212 g/mol. The first-order valence-electron chi connectivity index (χ1n) is 6.72. The van der Waals surface area contributed by atoms with Crippen LogP contribution in [0.3, 0.4) is 0 Å². The Hall–Kier alpha value is -0.0800. The maximum absolute atomic E-state index is 3.63. The summed E-state index contributed by atoms with van der Waals surface area (Å²) in [6, 6.07) is 0.754. The van der Waals surface area contributed by atoms with Crippen LogP contribution in [0.4, 0.5) is 0 Å². The number of rotatable bonds is 4. The Morgan fingerprint density at radius 2 is 2.13 bits per heavy atom. The van der Waals surface area contributed by atoms with Gasteiger partial charge in [0.2, 0.25) is 0 Å². The summed E-state index contributed by atoms with van der Waals surface area (Å²) < 4.78 is 0. The van der Waals surface area contributed by atoms with Crippen LogP contribution in [0.2, 0.25) is 0 Å². The Morgan fingerprint density at radius 1 is 1.33 bits per heavy atom. The van der Waals surface area contributed by atoms with Crippen molar-refractivity contribution in [2.75, 3.05) is 26.2 Å². The predicted octanol–water partition coefficient (Wildman–Crippen LogP) is 2.50. The molecule has 1 rings (SSSR count). The molecule has 0 saturated carbocycles. The third-order valence-corrected chi connectivity index (χ3v) is 3.64. The summed E-state index contributed by atoms with van der Waals surface area (Å²) in [5, 5.41) is 3.63. The number of hydrogen-bond acceptors (Lipinski definition) is 2. The molecule has 0 radical (unpaired) electrons. The molecule has 15 heavy (non-hydrogen) atoms. The first-order valence-corrected chi connectivity index (χ1v) is 6.72. The van der Waals surface area contributed by atoms with Gasteiger partial charge in [-0.3, -0.25) is 0 Å². The van der Waals surface area contributed by atoms with Gasteiger partial charge in [0.25, 0.3) is 0 Å². The lowest BCUT2D eigenvalue weighted by atomic mass is 10.1. The predicted molar refractivity (Wildman–Crippen MR) is 67.2 cm³/mol. The molecule has 2 unspecified atom stereocenters. The van der Waals surface area contributed by atoms with Gasteiger partial charge in [0.1, 0.15) is 0 Å². The van der Waals surface area contributed by atoms with E-state index in [-0.39, 0.29) is 0 Å². The van der Waals surface area contributed by atoms with E-state index in [0.29, 0.717) is 0 Å². The van der Waals surface area contributed by atoms with Gasteiger partial charge in [-0.15, -0.1) is 0 Å². The highest BCUT2D eigenvalue weighted by Crippen LogP contribution is 2.09. The van der Waals surface area contributed by atoms with Gasteiger partial charge in [-0.05, 0) is 44.8 Å². The van der Waals surface area contributed by atoms with Crippen molar-refractivity contribution >= 4 is 0 Å². The van der Waals surface area contributed by atoms with E-state index in [4.69, 9.17) is 0 Å². The van der Waals surface area contributed by atoms with Crippen LogP contribution in [0, 0.1) is 5.92 Å². The molecule has 0 aromatic rings. The highest BCUT2D eigenvalue weighted by molar-refractivity contribution is 4.73. The Bertz CT molecular complexity index is 159. The molecule has 0 spiro atoms. The number of hydrogen-bond donors (Lipinski definition) is 1. The van der Waals surface area contributed by atoms with E-state index in [1.54, 1.807) is 0 Å². The van der Waals surface area contributed by atoms with E-state index in [9.17, 15) is 0 Å². The monoisotopic (exact) mass is 212 g/mol. The van der Waals surface area contributed by atoms with Crippen molar-refractivity contribution in [2.24, 2.45) is 5.92 Å². The van der Waals surface area contributed by atoms with Gasteiger partial charge >= 0.3 is 0 Å². The molecular weight excluding hydrogens is 184 g/mol. The molecule has 0 amide bonds. The van der Waals surface area contributed by atoms with Crippen LogP contribution in [-0.4, -0.2) is 37.1 Å². The van der Waals surface area contributed by atoms with Gasteiger partial charge in [0.05, 0.1) is 0 Å². The van der Waals surface area contributed by atoms with Crippen LogP contribution in [0.25, 0.3) is 0 Å². The number of nitrogens with one attached hydrogen (secondary N) is 1. The molecule has 1 saturated heterocycles. The quantitative estimate of drug-likeness (QED) is 0.770. The Labute approximate surface area is 95.4 Å². The van der Waals surface area contributed by atoms with E-state index in [1.807, 2.05) is 0 Å². The molecule has 2 heteroatoms. The summed E-state index contributed by atoms with van der Waals surface area (Å²) in [4.78, 5) is 2.66. The normalized spacial score (nSPS) is 27.0. The van der Waals surface area contributed by atoms with Gasteiger partial charge in [-0.25, -0.2) is 0 Å². The Morgan fingerprint density at radius 3 is 2.80 bits per heavy atom. The summed E-state index contributed by atoms with van der Waals surface area (Å²) in [5.41, 5.74) is 0. The maximum atomic E-state index is 3.63. The third-order valence-electron chi connectivity index (χ3n) is 3.64. The molecule has 1 heterocycles. The van der Waals surface area contributed by atoms with Crippen molar-refractivity contribution in [3.05, 3.63) is 0 Å². The van der Waals surface area contributed by atoms with Crippen molar-refractivity contribution in [3.8, 4) is 0 Å². The van der Waals surface area contributed by atoms with E-state index < -0.39 is 0 Å². The molecule has 1 N–H and O–H groups in total. The van der Waals surface area contributed by atoms with Gasteiger partial charge in [0.15, 0.2) is 0 Å². The third kappa shape index (κ3) is 4.98. The largest absolute Gasteiger partial charge is 0.314 e. The standard InChI is InChI=1S/C13H28N2/c1-4-12(3)11-15-9-6-8-14-13(5-2)7-10-15/h12-14H,4-11H2,1-3H3. The van der Waals surface area contributed by atoms with E-state index in [0.717, 1.165) is 12.0 Å². The maximum Gasteiger partial charge on any atom is 0.00766 e. The molecule has 1 aliphatic heterocycles. The zero-order valence-electron chi connectivity index (χ0n) is 10.8. The second kappa shape index (κ2) is 7.24. The van der Waals surface area contributed by atoms with E-state index >= 15 is 0 Å². The van der Waals surface area contributed by atoms with Crippen LogP contribution < -0.4 is 5.32 Å². The lowest BCUT2D eigenvalue weighted by Gasteiger charge is -2.30. The van der Waals surface area contributed by atoms with E-state index in [1.165, 1.54) is 51.9 Å². The summed E-state index contributed by atoms with van der Waals surface area (Å²) in [7, 11) is 0. The summed E-state index contributed by atoms with van der Waals surface area (Å²) in [6.07, 6.45) is 5.23. The van der Waals surface area contributed by atoms with Crippen LogP contribution in [0.5, 0.6) is 0 Å². The first-order chi connectivity index (χ1) is 7.26. The summed E-state index contributed by atoms with van der Waals surface area (Å²) in [5.74, 6) is 0.859. The van der Waals surface area contributed by atoms with Crippen molar-refractivity contribution in [1.82, 2.24) is 10.2 Å². The SMILES string of the molecule is CCC(C)CN1CCCNC(CC)CC1. The van der Waals surface area contributed by atoms with E-state index in [2.05, 4.69) is 31.0 Å². The minimum Gasteiger partial charge on any atom is -0.314 e. The molecule has 2 atom stereocenters. The van der Waals surface area contributed by atoms with Gasteiger partial charge in [0, 0.05) is 12.6 Å². The molecule has 2 nitrogen and oxygen atoms in total. The van der Waals surface area contributed by atoms with Crippen molar-refractivity contribution in [1.29, 1.82) is 0 Å². The van der Waals surface area contributed by atoms with Gasteiger partial charge in [-0.2, -0.15) is 0 Å². The number of nitrogens with zero attached hydrogens (tertiary/aromatic N) is 1. The minimum atomic E-state index is 0.754. The topological polar surface area (TPSA) is 15.3 Å². The van der Waals surface area contributed by atoms with Crippen LogP contribution in [0.1, 0.15) is 46.5 Å².